The average Bonchev–Trinajstić information content (AvgIpc) is 2.68. The second-order valence-electron chi connectivity index (χ2n) is 4.76. The van der Waals surface area contributed by atoms with Gasteiger partial charge in [0.1, 0.15) is 0 Å². The lowest BCUT2D eigenvalue weighted by Gasteiger charge is -2.23. The normalized spacial score (nSPS) is 27.0. The third kappa shape index (κ3) is 2.00. The number of hydrogen-bond donors (Lipinski definition) is 1. The number of rotatable bonds is 2. The van der Waals surface area contributed by atoms with E-state index in [1.807, 2.05) is 19.1 Å². The molecule has 0 saturated carbocycles. The van der Waals surface area contributed by atoms with Gasteiger partial charge in [0.2, 0.25) is 0 Å². The fraction of sp³-hybridized carbons (Fsp3) is 0.571. The van der Waals surface area contributed by atoms with Crippen LogP contribution in [0.15, 0.2) is 18.2 Å². The van der Waals surface area contributed by atoms with Gasteiger partial charge in [-0.3, -0.25) is 0 Å². The number of benzene rings is 1. The Balaban J connectivity index is 2.26. The molecule has 0 radical (unpaired) electrons. The summed E-state index contributed by atoms with van der Waals surface area (Å²) in [6.07, 6.45) is 0.725. The predicted octanol–water partition coefficient (Wildman–Crippen LogP) is 2.76. The van der Waals surface area contributed by atoms with Crippen LogP contribution in [-0.2, 0) is 4.74 Å². The highest BCUT2D eigenvalue weighted by atomic mass is 16.5. The molecule has 1 aliphatic heterocycles. The molecule has 2 heteroatoms. The molecule has 3 unspecified atom stereocenters. The van der Waals surface area contributed by atoms with Gasteiger partial charge in [-0.1, -0.05) is 18.2 Å². The Morgan fingerprint density at radius 2 is 2.12 bits per heavy atom. The highest BCUT2D eigenvalue weighted by molar-refractivity contribution is 5.35. The summed E-state index contributed by atoms with van der Waals surface area (Å²) in [5.74, 6) is 0.237. The van der Waals surface area contributed by atoms with Gasteiger partial charge in [0.25, 0.3) is 0 Å². The number of hydrogen-bond acceptors (Lipinski definition) is 2. The molecule has 2 nitrogen and oxygen atoms in total. The van der Waals surface area contributed by atoms with E-state index in [9.17, 15) is 5.11 Å². The molecule has 1 fully saturated rings. The molecule has 1 aromatic rings. The van der Waals surface area contributed by atoms with Crippen LogP contribution in [0.1, 0.15) is 36.1 Å². The maximum absolute atomic E-state index is 10.4. The fourth-order valence-electron chi connectivity index (χ4n) is 2.49. The van der Waals surface area contributed by atoms with E-state index in [-0.39, 0.29) is 12.0 Å². The van der Waals surface area contributed by atoms with Gasteiger partial charge >= 0.3 is 0 Å². The zero-order valence-corrected chi connectivity index (χ0v) is 10.2. The van der Waals surface area contributed by atoms with Crippen molar-refractivity contribution in [3.05, 3.63) is 34.9 Å². The van der Waals surface area contributed by atoms with E-state index in [0.717, 1.165) is 18.6 Å². The van der Waals surface area contributed by atoms with E-state index in [1.54, 1.807) is 0 Å². The lowest BCUT2D eigenvalue weighted by atomic mass is 9.87. The Morgan fingerprint density at radius 1 is 1.38 bits per heavy atom. The Kier molecular flexibility index (Phi) is 3.31. The standard InChI is InChI=1S/C14H20O2/c1-9-5-4-6-12(10(9)2)14(15)13-7-8-16-11(13)3/h4-6,11,13-15H,7-8H2,1-3H3. The van der Waals surface area contributed by atoms with Crippen LogP contribution in [-0.4, -0.2) is 17.8 Å². The van der Waals surface area contributed by atoms with Gasteiger partial charge in [0.15, 0.2) is 0 Å². The molecular formula is C14H20O2. The molecule has 1 heterocycles. The summed E-state index contributed by atoms with van der Waals surface area (Å²) in [6, 6.07) is 6.12. The van der Waals surface area contributed by atoms with E-state index >= 15 is 0 Å². The van der Waals surface area contributed by atoms with Crippen molar-refractivity contribution in [3.8, 4) is 0 Å². The zero-order chi connectivity index (χ0) is 11.7. The zero-order valence-electron chi connectivity index (χ0n) is 10.2. The minimum Gasteiger partial charge on any atom is -0.388 e. The maximum Gasteiger partial charge on any atom is 0.0846 e. The van der Waals surface area contributed by atoms with Gasteiger partial charge in [0, 0.05) is 12.5 Å². The smallest absolute Gasteiger partial charge is 0.0846 e. The Morgan fingerprint density at radius 3 is 2.75 bits per heavy atom. The number of aliphatic hydroxyl groups excluding tert-OH is 1. The summed E-state index contributed by atoms with van der Waals surface area (Å²) < 4.78 is 5.52. The molecule has 0 spiro atoms. The molecule has 1 saturated heterocycles. The van der Waals surface area contributed by atoms with Crippen molar-refractivity contribution < 1.29 is 9.84 Å². The molecule has 0 bridgehead atoms. The lowest BCUT2D eigenvalue weighted by molar-refractivity contribution is 0.0428. The van der Waals surface area contributed by atoms with Crippen molar-refractivity contribution in [3.63, 3.8) is 0 Å². The van der Waals surface area contributed by atoms with E-state index in [2.05, 4.69) is 19.9 Å². The fourth-order valence-corrected chi connectivity index (χ4v) is 2.49. The van der Waals surface area contributed by atoms with Gasteiger partial charge in [-0.2, -0.15) is 0 Å². The summed E-state index contributed by atoms with van der Waals surface area (Å²) in [5, 5.41) is 10.4. The van der Waals surface area contributed by atoms with Crippen LogP contribution in [0, 0.1) is 19.8 Å². The van der Waals surface area contributed by atoms with Crippen LogP contribution < -0.4 is 0 Å². The highest BCUT2D eigenvalue weighted by Gasteiger charge is 2.32. The molecule has 88 valence electrons. The van der Waals surface area contributed by atoms with E-state index in [4.69, 9.17) is 4.74 Å². The first-order valence-electron chi connectivity index (χ1n) is 5.97. The Hall–Kier alpha value is -0.860. The van der Waals surface area contributed by atoms with Crippen molar-refractivity contribution >= 4 is 0 Å². The van der Waals surface area contributed by atoms with Crippen molar-refractivity contribution in [2.24, 2.45) is 5.92 Å². The van der Waals surface area contributed by atoms with Crippen LogP contribution in [0.2, 0.25) is 0 Å². The summed E-state index contributed by atoms with van der Waals surface area (Å²) in [7, 11) is 0. The minimum atomic E-state index is -0.391. The molecule has 1 N–H and O–H groups in total. The van der Waals surface area contributed by atoms with E-state index < -0.39 is 6.10 Å². The number of aryl methyl sites for hydroxylation is 1. The predicted molar refractivity (Wildman–Crippen MR) is 64.4 cm³/mol. The van der Waals surface area contributed by atoms with Crippen LogP contribution >= 0.6 is 0 Å². The molecule has 16 heavy (non-hydrogen) atoms. The summed E-state index contributed by atoms with van der Waals surface area (Å²) in [4.78, 5) is 0. The minimum absolute atomic E-state index is 0.162. The van der Waals surface area contributed by atoms with Crippen molar-refractivity contribution in [2.75, 3.05) is 6.61 Å². The molecule has 3 atom stereocenters. The second kappa shape index (κ2) is 4.56. The van der Waals surface area contributed by atoms with Gasteiger partial charge in [-0.05, 0) is 43.9 Å². The van der Waals surface area contributed by atoms with Crippen LogP contribution in [0.3, 0.4) is 0 Å². The third-order valence-corrected chi connectivity index (χ3v) is 3.81. The largest absolute Gasteiger partial charge is 0.388 e. The average molecular weight is 220 g/mol. The van der Waals surface area contributed by atoms with Crippen molar-refractivity contribution in [2.45, 2.75) is 39.4 Å². The van der Waals surface area contributed by atoms with E-state index in [1.165, 1.54) is 11.1 Å². The van der Waals surface area contributed by atoms with Crippen LogP contribution in [0.4, 0.5) is 0 Å². The van der Waals surface area contributed by atoms with Gasteiger partial charge in [-0.25, -0.2) is 0 Å². The first-order chi connectivity index (χ1) is 7.61. The van der Waals surface area contributed by atoms with Gasteiger partial charge in [-0.15, -0.1) is 0 Å². The SMILES string of the molecule is Cc1cccc(C(O)C2CCOC2C)c1C. The molecule has 0 aromatic heterocycles. The molecule has 0 aliphatic carbocycles. The second-order valence-corrected chi connectivity index (χ2v) is 4.76. The number of ether oxygens (including phenoxy) is 1. The first kappa shape index (κ1) is 11.6. The Bertz CT molecular complexity index is 373. The summed E-state index contributed by atoms with van der Waals surface area (Å²) >= 11 is 0. The monoisotopic (exact) mass is 220 g/mol. The lowest BCUT2D eigenvalue weighted by Crippen LogP contribution is -2.20. The molecule has 1 aromatic carbocycles. The molecule has 1 aliphatic rings. The topological polar surface area (TPSA) is 29.5 Å². The Labute approximate surface area is 97.3 Å². The van der Waals surface area contributed by atoms with Crippen LogP contribution in [0.25, 0.3) is 0 Å². The highest BCUT2D eigenvalue weighted by Crippen LogP contribution is 2.34. The third-order valence-electron chi connectivity index (χ3n) is 3.81. The quantitative estimate of drug-likeness (QED) is 0.830. The van der Waals surface area contributed by atoms with Gasteiger partial charge in [0.05, 0.1) is 12.2 Å². The van der Waals surface area contributed by atoms with Crippen molar-refractivity contribution in [1.82, 2.24) is 0 Å². The van der Waals surface area contributed by atoms with Crippen molar-refractivity contribution in [1.29, 1.82) is 0 Å². The summed E-state index contributed by atoms with van der Waals surface area (Å²) in [5.41, 5.74) is 3.50. The summed E-state index contributed by atoms with van der Waals surface area (Å²) in [6.45, 7) is 6.98. The molecule has 2 rings (SSSR count). The number of aliphatic hydroxyl groups is 1. The van der Waals surface area contributed by atoms with Gasteiger partial charge < -0.3 is 9.84 Å². The first-order valence-corrected chi connectivity index (χ1v) is 5.97. The molecule has 0 amide bonds. The van der Waals surface area contributed by atoms with E-state index in [0.29, 0.717) is 0 Å². The maximum atomic E-state index is 10.4. The van der Waals surface area contributed by atoms with Crippen LogP contribution in [0.5, 0.6) is 0 Å². The molecular weight excluding hydrogens is 200 g/mol.